The van der Waals surface area contributed by atoms with Crippen molar-refractivity contribution in [3.8, 4) is 5.75 Å². The summed E-state index contributed by atoms with van der Waals surface area (Å²) >= 11 is 0. The minimum absolute atomic E-state index is 0.174. The maximum atomic E-state index is 10.5. The van der Waals surface area contributed by atoms with Gasteiger partial charge in [0, 0.05) is 12.0 Å². The Balaban J connectivity index is 2.25. The van der Waals surface area contributed by atoms with Gasteiger partial charge in [0.1, 0.15) is 12.0 Å². The summed E-state index contributed by atoms with van der Waals surface area (Å²) in [6, 6.07) is 14.9. The molecule has 0 aliphatic carbocycles. The Labute approximate surface area is 94.2 Å². The fourth-order valence-corrected chi connectivity index (χ4v) is 1.62. The third kappa shape index (κ3) is 2.28. The molecule has 2 nitrogen and oxygen atoms in total. The Bertz CT molecular complexity index is 489. The van der Waals surface area contributed by atoms with Gasteiger partial charge in [-0.15, -0.1) is 0 Å². The molecule has 0 fully saturated rings. The van der Waals surface area contributed by atoms with E-state index in [0.717, 1.165) is 17.4 Å². The molecule has 0 atom stereocenters. The van der Waals surface area contributed by atoms with E-state index in [0.29, 0.717) is 12.0 Å². The second-order valence-electron chi connectivity index (χ2n) is 3.67. The quantitative estimate of drug-likeness (QED) is 0.794. The molecule has 0 heterocycles. The van der Waals surface area contributed by atoms with Gasteiger partial charge in [0.05, 0.1) is 0 Å². The Kier molecular flexibility index (Phi) is 3.01. The van der Waals surface area contributed by atoms with Crippen molar-refractivity contribution in [2.24, 2.45) is 0 Å². The van der Waals surface area contributed by atoms with Gasteiger partial charge in [0.25, 0.3) is 0 Å². The first-order valence-electron chi connectivity index (χ1n) is 5.10. The number of aromatic hydroxyl groups is 1. The number of carbonyl (C=O) groups excluding carboxylic acids is 1. The van der Waals surface area contributed by atoms with E-state index in [1.807, 2.05) is 30.3 Å². The van der Waals surface area contributed by atoms with E-state index in [1.54, 1.807) is 12.1 Å². The molecule has 0 aliphatic heterocycles. The number of phenols is 1. The van der Waals surface area contributed by atoms with Gasteiger partial charge in [0.15, 0.2) is 0 Å². The zero-order chi connectivity index (χ0) is 11.4. The predicted octanol–water partition coefficient (Wildman–Crippen LogP) is 2.80. The van der Waals surface area contributed by atoms with E-state index >= 15 is 0 Å². The summed E-state index contributed by atoms with van der Waals surface area (Å²) in [5.74, 6) is 0.174. The molecule has 16 heavy (non-hydrogen) atoms. The summed E-state index contributed by atoms with van der Waals surface area (Å²) in [6.07, 6.45) is 1.40. The molecule has 1 N–H and O–H groups in total. The monoisotopic (exact) mass is 212 g/mol. The molecular formula is C14H12O2. The van der Waals surface area contributed by atoms with Crippen LogP contribution < -0.4 is 0 Å². The number of carbonyl (C=O) groups is 1. The van der Waals surface area contributed by atoms with Crippen LogP contribution in [0.1, 0.15) is 21.5 Å². The molecule has 0 saturated heterocycles. The van der Waals surface area contributed by atoms with Crippen molar-refractivity contribution in [3.05, 3.63) is 65.2 Å². The topological polar surface area (TPSA) is 37.3 Å². The number of phenolic OH excluding ortho intramolecular Hbond substituents is 1. The van der Waals surface area contributed by atoms with Gasteiger partial charge in [0.2, 0.25) is 0 Å². The normalized spacial score (nSPS) is 10.0. The molecule has 0 bridgehead atoms. The van der Waals surface area contributed by atoms with E-state index < -0.39 is 0 Å². The van der Waals surface area contributed by atoms with Crippen LogP contribution in [0.15, 0.2) is 48.5 Å². The molecule has 2 heteroatoms. The molecule has 2 aromatic rings. The van der Waals surface area contributed by atoms with Gasteiger partial charge in [-0.2, -0.15) is 0 Å². The lowest BCUT2D eigenvalue weighted by Crippen LogP contribution is -1.90. The van der Waals surface area contributed by atoms with E-state index in [4.69, 9.17) is 0 Å². The molecule has 0 radical (unpaired) electrons. The SMILES string of the molecule is O=Cc1ccc(Cc2ccccc2)c(O)c1. The molecule has 80 valence electrons. The standard InChI is InChI=1S/C14H12O2/c15-10-12-6-7-13(14(16)9-12)8-11-4-2-1-3-5-11/h1-7,9-10,16H,8H2. The maximum Gasteiger partial charge on any atom is 0.150 e. The number of hydrogen-bond donors (Lipinski definition) is 1. The lowest BCUT2D eigenvalue weighted by molar-refractivity contribution is 0.112. The molecular weight excluding hydrogens is 200 g/mol. The zero-order valence-corrected chi connectivity index (χ0v) is 8.76. The van der Waals surface area contributed by atoms with Crippen LogP contribution in [0.3, 0.4) is 0 Å². The second-order valence-corrected chi connectivity index (χ2v) is 3.67. The maximum absolute atomic E-state index is 10.5. The molecule has 0 unspecified atom stereocenters. The number of aldehydes is 1. The lowest BCUT2D eigenvalue weighted by atomic mass is 10.0. The van der Waals surface area contributed by atoms with Crippen molar-refractivity contribution in [1.29, 1.82) is 0 Å². The van der Waals surface area contributed by atoms with Gasteiger partial charge in [-0.3, -0.25) is 4.79 Å². The van der Waals surface area contributed by atoms with Crippen molar-refractivity contribution in [2.75, 3.05) is 0 Å². The second kappa shape index (κ2) is 4.62. The Morgan fingerprint density at radius 2 is 1.81 bits per heavy atom. The van der Waals surface area contributed by atoms with Crippen molar-refractivity contribution >= 4 is 6.29 Å². The third-order valence-corrected chi connectivity index (χ3v) is 2.48. The van der Waals surface area contributed by atoms with Gasteiger partial charge >= 0.3 is 0 Å². The third-order valence-electron chi connectivity index (χ3n) is 2.48. The van der Waals surface area contributed by atoms with Crippen LogP contribution in [0, 0.1) is 0 Å². The lowest BCUT2D eigenvalue weighted by Gasteiger charge is -2.05. The predicted molar refractivity (Wildman–Crippen MR) is 62.7 cm³/mol. The van der Waals surface area contributed by atoms with E-state index in [1.165, 1.54) is 6.07 Å². The average molecular weight is 212 g/mol. The van der Waals surface area contributed by atoms with Crippen molar-refractivity contribution in [1.82, 2.24) is 0 Å². The highest BCUT2D eigenvalue weighted by molar-refractivity contribution is 5.75. The molecule has 0 spiro atoms. The zero-order valence-electron chi connectivity index (χ0n) is 8.76. The van der Waals surface area contributed by atoms with Crippen LogP contribution in [0.2, 0.25) is 0 Å². The van der Waals surface area contributed by atoms with Gasteiger partial charge < -0.3 is 5.11 Å². The summed E-state index contributed by atoms with van der Waals surface area (Å²) in [6.45, 7) is 0. The molecule has 0 aliphatic rings. The minimum Gasteiger partial charge on any atom is -0.508 e. The summed E-state index contributed by atoms with van der Waals surface area (Å²) in [5.41, 5.74) is 2.46. The molecule has 0 saturated carbocycles. The van der Waals surface area contributed by atoms with Crippen LogP contribution in [0.25, 0.3) is 0 Å². The van der Waals surface area contributed by atoms with E-state index in [2.05, 4.69) is 0 Å². The van der Waals surface area contributed by atoms with Gasteiger partial charge in [-0.25, -0.2) is 0 Å². The smallest absolute Gasteiger partial charge is 0.150 e. The van der Waals surface area contributed by atoms with Crippen LogP contribution in [-0.2, 0) is 6.42 Å². The van der Waals surface area contributed by atoms with Crippen LogP contribution in [-0.4, -0.2) is 11.4 Å². The molecule has 2 aromatic carbocycles. The van der Waals surface area contributed by atoms with Gasteiger partial charge in [-0.05, 0) is 17.2 Å². The van der Waals surface area contributed by atoms with Crippen LogP contribution in [0.4, 0.5) is 0 Å². The summed E-state index contributed by atoms with van der Waals surface area (Å²) in [7, 11) is 0. The van der Waals surface area contributed by atoms with Crippen molar-refractivity contribution in [3.63, 3.8) is 0 Å². The van der Waals surface area contributed by atoms with Gasteiger partial charge in [-0.1, -0.05) is 42.5 Å². The molecule has 0 amide bonds. The summed E-state index contributed by atoms with van der Waals surface area (Å²) in [4.78, 5) is 10.5. The molecule has 2 rings (SSSR count). The largest absolute Gasteiger partial charge is 0.508 e. The van der Waals surface area contributed by atoms with Crippen LogP contribution in [0.5, 0.6) is 5.75 Å². The number of benzene rings is 2. The van der Waals surface area contributed by atoms with Crippen LogP contribution >= 0.6 is 0 Å². The Morgan fingerprint density at radius 1 is 1.06 bits per heavy atom. The first kappa shape index (κ1) is 10.4. The number of rotatable bonds is 3. The average Bonchev–Trinajstić information content (AvgIpc) is 2.33. The fraction of sp³-hybridized carbons (Fsp3) is 0.0714. The first-order chi connectivity index (χ1) is 7.79. The first-order valence-corrected chi connectivity index (χ1v) is 5.10. The molecule has 0 aromatic heterocycles. The van der Waals surface area contributed by atoms with E-state index in [-0.39, 0.29) is 5.75 Å². The highest BCUT2D eigenvalue weighted by Crippen LogP contribution is 2.21. The van der Waals surface area contributed by atoms with E-state index in [9.17, 15) is 9.90 Å². The Hall–Kier alpha value is -2.09. The fourth-order valence-electron chi connectivity index (χ4n) is 1.62. The Morgan fingerprint density at radius 3 is 2.44 bits per heavy atom. The van der Waals surface area contributed by atoms with Crippen molar-refractivity contribution in [2.45, 2.75) is 6.42 Å². The highest BCUT2D eigenvalue weighted by atomic mass is 16.3. The van der Waals surface area contributed by atoms with Crippen molar-refractivity contribution < 1.29 is 9.90 Å². The summed E-state index contributed by atoms with van der Waals surface area (Å²) in [5, 5.41) is 9.72. The summed E-state index contributed by atoms with van der Waals surface area (Å²) < 4.78 is 0. The minimum atomic E-state index is 0.174. The highest BCUT2D eigenvalue weighted by Gasteiger charge is 2.03. The number of hydrogen-bond acceptors (Lipinski definition) is 2.